The van der Waals surface area contributed by atoms with Gasteiger partial charge in [-0.25, -0.2) is 4.79 Å². The Kier molecular flexibility index (Phi) is 4.55. The van der Waals surface area contributed by atoms with E-state index in [1.54, 1.807) is 12.1 Å². The van der Waals surface area contributed by atoms with Gasteiger partial charge in [-0.15, -0.1) is 6.58 Å². The van der Waals surface area contributed by atoms with Gasteiger partial charge in [-0.3, -0.25) is 0 Å². The molecule has 1 aromatic carbocycles. The second-order valence-corrected chi connectivity index (χ2v) is 4.15. The number of halogens is 1. The summed E-state index contributed by atoms with van der Waals surface area (Å²) in [6.07, 6.45) is 1.82. The highest BCUT2D eigenvalue weighted by Gasteiger charge is 2.10. The third kappa shape index (κ3) is 2.85. The number of hydrogen-bond donors (Lipinski definition) is 1. The highest BCUT2D eigenvalue weighted by molar-refractivity contribution is 9.10. The third-order valence-corrected chi connectivity index (χ3v) is 2.94. The summed E-state index contributed by atoms with van der Waals surface area (Å²) >= 11 is 3.26. The van der Waals surface area contributed by atoms with Gasteiger partial charge in [-0.2, -0.15) is 0 Å². The molecule has 0 aromatic heterocycles. The SMILES string of the molecule is C=CCN(CC)c1ccc(C(=O)O)c(Br)c1. The van der Waals surface area contributed by atoms with Crippen LogP contribution in [0.25, 0.3) is 0 Å². The van der Waals surface area contributed by atoms with Gasteiger partial charge in [0.15, 0.2) is 0 Å². The molecule has 0 atom stereocenters. The number of hydrogen-bond acceptors (Lipinski definition) is 2. The van der Waals surface area contributed by atoms with Crippen molar-refractivity contribution in [3.63, 3.8) is 0 Å². The van der Waals surface area contributed by atoms with Gasteiger partial charge < -0.3 is 10.0 Å². The van der Waals surface area contributed by atoms with Crippen molar-refractivity contribution in [3.8, 4) is 0 Å². The van der Waals surface area contributed by atoms with Crippen LogP contribution in [0.2, 0.25) is 0 Å². The number of benzene rings is 1. The first kappa shape index (κ1) is 12.8. The molecular weight excluding hydrogens is 270 g/mol. The van der Waals surface area contributed by atoms with E-state index in [4.69, 9.17) is 5.11 Å². The van der Waals surface area contributed by atoms with Crippen LogP contribution in [0.1, 0.15) is 17.3 Å². The van der Waals surface area contributed by atoms with Gasteiger partial charge in [0.2, 0.25) is 0 Å². The summed E-state index contributed by atoms with van der Waals surface area (Å²) in [6, 6.07) is 5.23. The Morgan fingerprint density at radius 2 is 2.31 bits per heavy atom. The molecule has 0 amide bonds. The molecule has 1 rings (SSSR count). The zero-order valence-electron chi connectivity index (χ0n) is 9.11. The maximum Gasteiger partial charge on any atom is 0.336 e. The molecule has 0 aliphatic carbocycles. The zero-order chi connectivity index (χ0) is 12.1. The quantitative estimate of drug-likeness (QED) is 0.844. The zero-order valence-corrected chi connectivity index (χ0v) is 10.7. The summed E-state index contributed by atoms with van der Waals surface area (Å²) in [6.45, 7) is 7.34. The average molecular weight is 284 g/mol. The van der Waals surface area contributed by atoms with Crippen molar-refractivity contribution in [2.45, 2.75) is 6.92 Å². The minimum atomic E-state index is -0.926. The van der Waals surface area contributed by atoms with E-state index in [2.05, 4.69) is 27.4 Å². The molecule has 0 aliphatic rings. The molecule has 4 heteroatoms. The van der Waals surface area contributed by atoms with Gasteiger partial charge in [0.1, 0.15) is 0 Å². The molecule has 0 fully saturated rings. The maximum atomic E-state index is 10.8. The molecule has 0 heterocycles. The Morgan fingerprint density at radius 1 is 1.62 bits per heavy atom. The fraction of sp³-hybridized carbons (Fsp3) is 0.250. The molecule has 0 bridgehead atoms. The van der Waals surface area contributed by atoms with Gasteiger partial charge in [0, 0.05) is 23.2 Å². The number of anilines is 1. The summed E-state index contributed by atoms with van der Waals surface area (Å²) in [5.74, 6) is -0.926. The molecule has 0 saturated carbocycles. The number of rotatable bonds is 5. The highest BCUT2D eigenvalue weighted by Crippen LogP contribution is 2.24. The molecule has 1 N–H and O–H groups in total. The smallest absolute Gasteiger partial charge is 0.336 e. The molecule has 0 unspecified atom stereocenters. The first-order chi connectivity index (χ1) is 7.60. The van der Waals surface area contributed by atoms with E-state index in [0.717, 1.165) is 18.8 Å². The molecule has 86 valence electrons. The van der Waals surface area contributed by atoms with Crippen LogP contribution in [-0.4, -0.2) is 24.2 Å². The highest BCUT2D eigenvalue weighted by atomic mass is 79.9. The second-order valence-electron chi connectivity index (χ2n) is 3.30. The second kappa shape index (κ2) is 5.70. The molecule has 0 saturated heterocycles. The standard InChI is InChI=1S/C12H14BrNO2/c1-3-7-14(4-2)9-5-6-10(12(15)16)11(13)8-9/h3,5-6,8H,1,4,7H2,2H3,(H,15,16). The van der Waals surface area contributed by atoms with Crippen LogP contribution in [0.5, 0.6) is 0 Å². The van der Waals surface area contributed by atoms with E-state index in [1.165, 1.54) is 0 Å². The van der Waals surface area contributed by atoms with Crippen molar-refractivity contribution in [2.24, 2.45) is 0 Å². The van der Waals surface area contributed by atoms with Crippen molar-refractivity contribution in [1.82, 2.24) is 0 Å². The largest absolute Gasteiger partial charge is 0.478 e. The Hall–Kier alpha value is -1.29. The molecule has 0 aliphatic heterocycles. The van der Waals surface area contributed by atoms with Crippen LogP contribution in [0.4, 0.5) is 5.69 Å². The van der Waals surface area contributed by atoms with E-state index in [-0.39, 0.29) is 5.56 Å². The van der Waals surface area contributed by atoms with Gasteiger partial charge in [-0.1, -0.05) is 6.08 Å². The summed E-state index contributed by atoms with van der Waals surface area (Å²) in [7, 11) is 0. The van der Waals surface area contributed by atoms with Crippen LogP contribution in [0.15, 0.2) is 35.3 Å². The molecule has 16 heavy (non-hydrogen) atoms. The van der Waals surface area contributed by atoms with Crippen LogP contribution in [0.3, 0.4) is 0 Å². The molecule has 1 aromatic rings. The third-order valence-electron chi connectivity index (χ3n) is 2.28. The number of aromatic carboxylic acids is 1. The van der Waals surface area contributed by atoms with Crippen molar-refractivity contribution in [3.05, 3.63) is 40.9 Å². The number of likely N-dealkylation sites (N-methyl/N-ethyl adjacent to an activating group) is 1. The lowest BCUT2D eigenvalue weighted by Crippen LogP contribution is -2.22. The molecule has 0 spiro atoms. The topological polar surface area (TPSA) is 40.5 Å². The van der Waals surface area contributed by atoms with Gasteiger partial charge in [0.05, 0.1) is 5.56 Å². The summed E-state index contributed by atoms with van der Waals surface area (Å²) < 4.78 is 0.597. The number of nitrogens with zero attached hydrogens (tertiary/aromatic N) is 1. The Balaban J connectivity index is 3.03. The summed E-state index contributed by atoms with van der Waals surface area (Å²) in [5.41, 5.74) is 1.26. The van der Waals surface area contributed by atoms with Crippen molar-refractivity contribution < 1.29 is 9.90 Å². The molecule has 0 radical (unpaired) electrons. The minimum absolute atomic E-state index is 0.276. The fourth-order valence-electron chi connectivity index (χ4n) is 1.45. The van der Waals surface area contributed by atoms with E-state index >= 15 is 0 Å². The average Bonchev–Trinajstić information content (AvgIpc) is 2.25. The molecular formula is C12H14BrNO2. The Labute approximate surface area is 104 Å². The number of carboxylic acid groups (broad SMARTS) is 1. The van der Waals surface area contributed by atoms with Crippen LogP contribution < -0.4 is 4.90 Å². The lowest BCUT2D eigenvalue weighted by molar-refractivity contribution is 0.0696. The van der Waals surface area contributed by atoms with Crippen molar-refractivity contribution in [2.75, 3.05) is 18.0 Å². The Bertz CT molecular complexity index is 404. The van der Waals surface area contributed by atoms with Crippen molar-refractivity contribution >= 4 is 27.6 Å². The van der Waals surface area contributed by atoms with Crippen LogP contribution in [-0.2, 0) is 0 Å². The summed E-state index contributed by atoms with van der Waals surface area (Å²) in [4.78, 5) is 12.9. The van der Waals surface area contributed by atoms with E-state index in [9.17, 15) is 4.79 Å². The van der Waals surface area contributed by atoms with Gasteiger partial charge in [0.25, 0.3) is 0 Å². The van der Waals surface area contributed by atoms with Crippen LogP contribution >= 0.6 is 15.9 Å². The predicted octanol–water partition coefficient (Wildman–Crippen LogP) is 3.16. The monoisotopic (exact) mass is 283 g/mol. The lowest BCUT2D eigenvalue weighted by Gasteiger charge is -2.21. The Morgan fingerprint density at radius 3 is 2.75 bits per heavy atom. The van der Waals surface area contributed by atoms with Crippen molar-refractivity contribution in [1.29, 1.82) is 0 Å². The van der Waals surface area contributed by atoms with E-state index in [0.29, 0.717) is 4.47 Å². The lowest BCUT2D eigenvalue weighted by atomic mass is 10.2. The normalized spacial score (nSPS) is 9.88. The van der Waals surface area contributed by atoms with E-state index < -0.39 is 5.97 Å². The maximum absolute atomic E-state index is 10.8. The van der Waals surface area contributed by atoms with Gasteiger partial charge in [-0.05, 0) is 41.1 Å². The first-order valence-corrected chi connectivity index (χ1v) is 5.78. The summed E-state index contributed by atoms with van der Waals surface area (Å²) in [5, 5.41) is 8.90. The number of carbonyl (C=O) groups is 1. The fourth-order valence-corrected chi connectivity index (χ4v) is 1.98. The predicted molar refractivity (Wildman–Crippen MR) is 69.2 cm³/mol. The van der Waals surface area contributed by atoms with Gasteiger partial charge >= 0.3 is 5.97 Å². The minimum Gasteiger partial charge on any atom is -0.478 e. The number of carboxylic acids is 1. The van der Waals surface area contributed by atoms with E-state index in [1.807, 2.05) is 19.1 Å². The molecule has 3 nitrogen and oxygen atoms in total. The van der Waals surface area contributed by atoms with Crippen LogP contribution in [0, 0.1) is 0 Å². The first-order valence-electron chi connectivity index (χ1n) is 4.98.